The number of nitrogens with one attached hydrogen (secondary N) is 1. The summed E-state index contributed by atoms with van der Waals surface area (Å²) in [6.07, 6.45) is 0. The van der Waals surface area contributed by atoms with E-state index in [2.05, 4.69) is 31.0 Å². The number of ether oxygens (including phenoxy) is 1. The van der Waals surface area contributed by atoms with Crippen LogP contribution in [-0.4, -0.2) is 18.1 Å². The lowest BCUT2D eigenvalue weighted by atomic mass is 10.3. The number of aryl methyl sites for hydroxylation is 1. The van der Waals surface area contributed by atoms with Crippen molar-refractivity contribution in [3.63, 3.8) is 0 Å². The summed E-state index contributed by atoms with van der Waals surface area (Å²) in [6, 6.07) is 4.28. The molecule has 2 aromatic rings. The molecule has 1 heterocycles. The lowest BCUT2D eigenvalue weighted by Crippen LogP contribution is -2.03. The van der Waals surface area contributed by atoms with E-state index in [0.717, 1.165) is 4.88 Å². The number of thiazole rings is 1. The largest absolute Gasteiger partial charge is 0.464 e. The van der Waals surface area contributed by atoms with Gasteiger partial charge in [0.1, 0.15) is 5.82 Å². The minimum Gasteiger partial charge on any atom is -0.464 e. The van der Waals surface area contributed by atoms with E-state index in [9.17, 15) is 9.18 Å². The zero-order valence-electron chi connectivity index (χ0n) is 10.2. The number of carbonyl (C=O) groups is 1. The first-order valence-electron chi connectivity index (χ1n) is 5.29. The summed E-state index contributed by atoms with van der Waals surface area (Å²) < 4.78 is 18.2. The number of rotatable bonds is 3. The summed E-state index contributed by atoms with van der Waals surface area (Å²) in [5, 5.41) is 3.57. The molecule has 0 aliphatic rings. The number of benzene rings is 1. The van der Waals surface area contributed by atoms with E-state index in [0.29, 0.717) is 15.3 Å². The fourth-order valence-corrected chi connectivity index (χ4v) is 2.71. The van der Waals surface area contributed by atoms with Gasteiger partial charge in [0.05, 0.1) is 12.8 Å². The van der Waals surface area contributed by atoms with Gasteiger partial charge in [-0.15, -0.1) is 11.3 Å². The van der Waals surface area contributed by atoms with Crippen molar-refractivity contribution in [2.24, 2.45) is 0 Å². The summed E-state index contributed by atoms with van der Waals surface area (Å²) in [4.78, 5) is 16.4. The molecule has 19 heavy (non-hydrogen) atoms. The number of halogens is 2. The molecule has 4 nitrogen and oxygen atoms in total. The highest BCUT2D eigenvalue weighted by Crippen LogP contribution is 2.30. The molecule has 1 aromatic heterocycles. The molecule has 100 valence electrons. The second-order valence-corrected chi connectivity index (χ2v) is 5.72. The zero-order valence-corrected chi connectivity index (χ0v) is 12.6. The Bertz CT molecular complexity index is 630. The van der Waals surface area contributed by atoms with Crippen LogP contribution in [0.2, 0.25) is 0 Å². The molecule has 0 aliphatic heterocycles. The summed E-state index contributed by atoms with van der Waals surface area (Å²) >= 11 is 4.58. The van der Waals surface area contributed by atoms with Crippen LogP contribution in [0.5, 0.6) is 0 Å². The highest BCUT2D eigenvalue weighted by atomic mass is 79.9. The Kier molecular flexibility index (Phi) is 4.16. The van der Waals surface area contributed by atoms with Crippen LogP contribution in [0.25, 0.3) is 0 Å². The smallest absolute Gasteiger partial charge is 0.357 e. The van der Waals surface area contributed by atoms with Gasteiger partial charge in [-0.1, -0.05) is 0 Å². The van der Waals surface area contributed by atoms with E-state index in [-0.39, 0.29) is 11.5 Å². The number of hydrogen-bond donors (Lipinski definition) is 1. The second kappa shape index (κ2) is 5.66. The highest BCUT2D eigenvalue weighted by molar-refractivity contribution is 9.10. The number of hydrogen-bond acceptors (Lipinski definition) is 5. The molecule has 0 fully saturated rings. The van der Waals surface area contributed by atoms with Crippen LogP contribution < -0.4 is 5.32 Å². The van der Waals surface area contributed by atoms with Crippen LogP contribution in [0.1, 0.15) is 15.4 Å². The molecule has 1 aromatic carbocycles. The number of methoxy groups -OCH3 is 1. The van der Waals surface area contributed by atoms with Crippen LogP contribution in [0.3, 0.4) is 0 Å². The Labute approximate surface area is 121 Å². The predicted molar refractivity (Wildman–Crippen MR) is 75.6 cm³/mol. The molecule has 0 radical (unpaired) electrons. The Morgan fingerprint density at radius 3 is 2.89 bits per heavy atom. The average molecular weight is 345 g/mol. The van der Waals surface area contributed by atoms with Crippen molar-refractivity contribution in [2.45, 2.75) is 6.92 Å². The van der Waals surface area contributed by atoms with Gasteiger partial charge in [-0.2, -0.15) is 0 Å². The average Bonchev–Trinajstić information content (AvgIpc) is 2.73. The van der Waals surface area contributed by atoms with E-state index in [1.54, 1.807) is 13.0 Å². The lowest BCUT2D eigenvalue weighted by molar-refractivity contribution is 0.0594. The van der Waals surface area contributed by atoms with Crippen molar-refractivity contribution >= 4 is 44.1 Å². The minimum atomic E-state index is -0.472. The number of aromatic nitrogens is 1. The molecular weight excluding hydrogens is 335 g/mol. The standard InChI is InChI=1S/C12H10BrFN2O2S/c1-6-10(11(17)18-2)16-12(19-6)15-9-4-3-7(14)5-8(9)13/h3-5H,1-2H3,(H,15,16). The van der Waals surface area contributed by atoms with E-state index in [1.807, 2.05) is 0 Å². The number of carbonyl (C=O) groups excluding carboxylic acids is 1. The lowest BCUT2D eigenvalue weighted by Gasteiger charge is -2.04. The summed E-state index contributed by atoms with van der Waals surface area (Å²) in [5.74, 6) is -0.803. The predicted octanol–water partition coefficient (Wildman–Crippen LogP) is 3.88. The fraction of sp³-hybridized carbons (Fsp3) is 0.167. The fourth-order valence-electron chi connectivity index (χ4n) is 1.44. The van der Waals surface area contributed by atoms with Gasteiger partial charge in [0, 0.05) is 9.35 Å². The minimum absolute atomic E-state index is 0.285. The van der Waals surface area contributed by atoms with Gasteiger partial charge >= 0.3 is 5.97 Å². The van der Waals surface area contributed by atoms with E-state index >= 15 is 0 Å². The third kappa shape index (κ3) is 3.10. The molecule has 0 spiro atoms. The topological polar surface area (TPSA) is 51.2 Å². The molecule has 0 saturated carbocycles. The van der Waals surface area contributed by atoms with Gasteiger partial charge in [-0.25, -0.2) is 14.2 Å². The van der Waals surface area contributed by atoms with Gasteiger partial charge < -0.3 is 10.1 Å². The third-order valence-electron chi connectivity index (χ3n) is 2.35. The maximum atomic E-state index is 13.0. The first-order valence-corrected chi connectivity index (χ1v) is 6.90. The van der Waals surface area contributed by atoms with Gasteiger partial charge in [0.15, 0.2) is 10.8 Å². The SMILES string of the molecule is COC(=O)c1nc(Nc2ccc(F)cc2Br)sc1C. The van der Waals surface area contributed by atoms with Gasteiger partial charge in [-0.05, 0) is 41.1 Å². The first-order chi connectivity index (χ1) is 9.01. The van der Waals surface area contributed by atoms with Gasteiger partial charge in [0.2, 0.25) is 0 Å². The van der Waals surface area contributed by atoms with Crippen LogP contribution >= 0.6 is 27.3 Å². The molecule has 0 aliphatic carbocycles. The summed E-state index contributed by atoms with van der Waals surface area (Å²) in [6.45, 7) is 1.79. The molecular formula is C12H10BrFN2O2S. The van der Waals surface area contributed by atoms with Crippen LogP contribution in [0, 0.1) is 12.7 Å². The van der Waals surface area contributed by atoms with Crippen molar-refractivity contribution in [3.05, 3.63) is 39.1 Å². The maximum Gasteiger partial charge on any atom is 0.357 e. The molecule has 2 rings (SSSR count). The van der Waals surface area contributed by atoms with Gasteiger partial charge in [0.25, 0.3) is 0 Å². The number of nitrogens with zero attached hydrogens (tertiary/aromatic N) is 1. The molecule has 0 unspecified atom stereocenters. The van der Waals surface area contributed by atoms with Crippen molar-refractivity contribution in [3.8, 4) is 0 Å². The van der Waals surface area contributed by atoms with E-state index in [1.165, 1.54) is 30.6 Å². The van der Waals surface area contributed by atoms with Crippen LogP contribution in [0.4, 0.5) is 15.2 Å². The molecule has 0 bridgehead atoms. The number of anilines is 2. The molecule has 1 N–H and O–H groups in total. The first kappa shape index (κ1) is 14.0. The van der Waals surface area contributed by atoms with Crippen molar-refractivity contribution < 1.29 is 13.9 Å². The second-order valence-electron chi connectivity index (χ2n) is 3.66. The molecule has 0 saturated heterocycles. The third-order valence-corrected chi connectivity index (χ3v) is 3.89. The summed E-state index contributed by atoms with van der Waals surface area (Å²) in [7, 11) is 1.31. The molecule has 0 atom stereocenters. The number of esters is 1. The Hall–Kier alpha value is -1.47. The monoisotopic (exact) mass is 344 g/mol. The molecule has 0 amide bonds. The Balaban J connectivity index is 2.26. The van der Waals surface area contributed by atoms with Crippen molar-refractivity contribution in [2.75, 3.05) is 12.4 Å². The van der Waals surface area contributed by atoms with E-state index in [4.69, 9.17) is 0 Å². The molecule has 7 heteroatoms. The van der Waals surface area contributed by atoms with Crippen molar-refractivity contribution in [1.29, 1.82) is 0 Å². The van der Waals surface area contributed by atoms with Crippen LogP contribution in [-0.2, 0) is 4.74 Å². The van der Waals surface area contributed by atoms with Crippen molar-refractivity contribution in [1.82, 2.24) is 4.98 Å². The Morgan fingerprint density at radius 1 is 1.53 bits per heavy atom. The quantitative estimate of drug-likeness (QED) is 0.858. The normalized spacial score (nSPS) is 10.3. The Morgan fingerprint density at radius 2 is 2.26 bits per heavy atom. The van der Waals surface area contributed by atoms with Gasteiger partial charge in [-0.3, -0.25) is 0 Å². The highest BCUT2D eigenvalue weighted by Gasteiger charge is 2.16. The summed E-state index contributed by atoms with van der Waals surface area (Å²) in [5.41, 5.74) is 0.958. The van der Waals surface area contributed by atoms with Crippen LogP contribution in [0.15, 0.2) is 22.7 Å². The maximum absolute atomic E-state index is 13.0. The zero-order chi connectivity index (χ0) is 14.0. The van der Waals surface area contributed by atoms with E-state index < -0.39 is 5.97 Å².